The number of hydrogen-bond acceptors (Lipinski definition) is 4. The van der Waals surface area contributed by atoms with E-state index >= 15 is 0 Å². The zero-order valence-corrected chi connectivity index (χ0v) is 11.7. The van der Waals surface area contributed by atoms with E-state index in [1.807, 2.05) is 6.07 Å². The summed E-state index contributed by atoms with van der Waals surface area (Å²) in [5.74, 6) is -1.06. The van der Waals surface area contributed by atoms with E-state index in [1.165, 1.54) is 7.11 Å². The molecular formula is C14H13N5O3. The van der Waals surface area contributed by atoms with Gasteiger partial charge in [0.1, 0.15) is 12.1 Å². The number of rotatable bonds is 2. The van der Waals surface area contributed by atoms with Crippen LogP contribution >= 0.6 is 0 Å². The van der Waals surface area contributed by atoms with Gasteiger partial charge in [0.15, 0.2) is 0 Å². The van der Waals surface area contributed by atoms with Gasteiger partial charge < -0.3 is 15.0 Å². The lowest BCUT2D eigenvalue weighted by Crippen LogP contribution is -2.45. The van der Waals surface area contributed by atoms with Crippen LogP contribution < -0.4 is 5.32 Å². The number of azide groups is 1. The topological polar surface area (TPSA) is 120 Å². The first-order valence-electron chi connectivity index (χ1n) is 6.67. The van der Waals surface area contributed by atoms with Crippen molar-refractivity contribution in [3.8, 4) is 0 Å². The van der Waals surface area contributed by atoms with Gasteiger partial charge in [-0.2, -0.15) is 0 Å². The van der Waals surface area contributed by atoms with Gasteiger partial charge >= 0.3 is 5.97 Å². The molecule has 0 spiro atoms. The highest BCUT2D eigenvalue weighted by molar-refractivity contribution is 5.96. The summed E-state index contributed by atoms with van der Waals surface area (Å²) >= 11 is 0. The third-order valence-corrected chi connectivity index (χ3v) is 3.76. The molecule has 0 saturated heterocycles. The van der Waals surface area contributed by atoms with Crippen molar-refractivity contribution in [1.29, 1.82) is 0 Å². The number of H-pyrrole nitrogens is 1. The van der Waals surface area contributed by atoms with Crippen molar-refractivity contribution in [2.45, 2.75) is 18.5 Å². The highest BCUT2D eigenvalue weighted by Gasteiger charge is 2.32. The fourth-order valence-corrected chi connectivity index (χ4v) is 2.79. The van der Waals surface area contributed by atoms with Crippen LogP contribution in [0.3, 0.4) is 0 Å². The van der Waals surface area contributed by atoms with Crippen LogP contribution in [-0.4, -0.2) is 30.0 Å². The number of hydrogen-bond donors (Lipinski definition) is 2. The molecule has 0 saturated carbocycles. The van der Waals surface area contributed by atoms with Crippen molar-refractivity contribution in [3.05, 3.63) is 46.0 Å². The molecule has 8 nitrogen and oxygen atoms in total. The minimum atomic E-state index is -1.03. The maximum atomic E-state index is 12.4. The van der Waals surface area contributed by atoms with E-state index in [9.17, 15) is 9.59 Å². The summed E-state index contributed by atoms with van der Waals surface area (Å²) in [4.78, 5) is 30.1. The normalized spacial score (nSPS) is 20.5. The van der Waals surface area contributed by atoms with Gasteiger partial charge in [0.05, 0.1) is 7.11 Å². The number of nitrogens with zero attached hydrogens (tertiary/aromatic N) is 3. The van der Waals surface area contributed by atoms with Gasteiger partial charge in [0.25, 0.3) is 0 Å². The summed E-state index contributed by atoms with van der Waals surface area (Å²) in [5, 5.41) is 6.99. The second-order valence-corrected chi connectivity index (χ2v) is 4.98. The van der Waals surface area contributed by atoms with Crippen molar-refractivity contribution in [3.63, 3.8) is 0 Å². The largest absolute Gasteiger partial charge is 0.467 e. The molecule has 8 heteroatoms. The molecule has 112 valence electrons. The zero-order chi connectivity index (χ0) is 15.7. The maximum Gasteiger partial charge on any atom is 0.328 e. The van der Waals surface area contributed by atoms with Gasteiger partial charge in [-0.15, -0.1) is 0 Å². The molecule has 2 N–H and O–H groups in total. The SMILES string of the molecule is COC(=O)[C@@H]1Cc2c[nH]c3cccc(c23)[C@H](N=[N+]=[N-])C(=O)N1. The molecule has 1 amide bonds. The van der Waals surface area contributed by atoms with Crippen LogP contribution in [0, 0.1) is 0 Å². The summed E-state index contributed by atoms with van der Waals surface area (Å²) in [6, 6.07) is 3.54. The molecule has 22 heavy (non-hydrogen) atoms. The number of carbonyl (C=O) groups is 2. The molecule has 1 aromatic carbocycles. The fraction of sp³-hybridized carbons (Fsp3) is 0.286. The monoisotopic (exact) mass is 299 g/mol. The van der Waals surface area contributed by atoms with Crippen LogP contribution in [0.1, 0.15) is 17.2 Å². The molecule has 0 unspecified atom stereocenters. The van der Waals surface area contributed by atoms with Crippen LogP contribution in [0.4, 0.5) is 0 Å². The van der Waals surface area contributed by atoms with E-state index in [1.54, 1.807) is 18.3 Å². The van der Waals surface area contributed by atoms with Gasteiger partial charge in [-0.25, -0.2) is 4.79 Å². The molecule has 2 heterocycles. The Bertz CT molecular complexity index is 806. The zero-order valence-electron chi connectivity index (χ0n) is 11.7. The van der Waals surface area contributed by atoms with Crippen LogP contribution in [-0.2, 0) is 20.7 Å². The second kappa shape index (κ2) is 5.42. The number of benzene rings is 1. The van der Waals surface area contributed by atoms with Gasteiger partial charge in [-0.05, 0) is 22.7 Å². The summed E-state index contributed by atoms with van der Waals surface area (Å²) in [7, 11) is 1.26. The number of ether oxygens (including phenoxy) is 1. The van der Waals surface area contributed by atoms with E-state index in [4.69, 9.17) is 10.3 Å². The first-order valence-corrected chi connectivity index (χ1v) is 6.67. The Hall–Kier alpha value is -2.99. The van der Waals surface area contributed by atoms with Crippen LogP contribution in [0.5, 0.6) is 0 Å². The number of methoxy groups -OCH3 is 1. The molecule has 3 rings (SSSR count). The van der Waals surface area contributed by atoms with Crippen molar-refractivity contribution in [2.75, 3.05) is 7.11 Å². The van der Waals surface area contributed by atoms with Crippen molar-refractivity contribution < 1.29 is 14.3 Å². The first kappa shape index (κ1) is 14.0. The number of esters is 1. The van der Waals surface area contributed by atoms with E-state index < -0.39 is 24.0 Å². The number of aromatic amines is 1. The standard InChI is InChI=1S/C14H13N5O3/c1-22-14(21)10-5-7-6-16-9-4-2-3-8(11(7)9)12(18-19-15)13(20)17-10/h2-4,6,10,12,16H,5H2,1H3,(H,17,20)/t10-,12-/m0/s1. The van der Waals surface area contributed by atoms with E-state index in [0.717, 1.165) is 16.5 Å². The lowest BCUT2D eigenvalue weighted by molar-refractivity contribution is -0.145. The smallest absolute Gasteiger partial charge is 0.328 e. The lowest BCUT2D eigenvalue weighted by Gasteiger charge is -2.23. The average Bonchev–Trinajstić information content (AvgIpc) is 2.93. The Kier molecular flexibility index (Phi) is 3.44. The van der Waals surface area contributed by atoms with Crippen LogP contribution in [0.15, 0.2) is 29.5 Å². The van der Waals surface area contributed by atoms with Gasteiger partial charge in [0, 0.05) is 28.4 Å². The minimum Gasteiger partial charge on any atom is -0.467 e. The number of nitrogens with one attached hydrogen (secondary N) is 2. The lowest BCUT2D eigenvalue weighted by atomic mass is 9.94. The Balaban J connectivity index is 2.23. The van der Waals surface area contributed by atoms with Gasteiger partial charge in [-0.1, -0.05) is 17.2 Å². The van der Waals surface area contributed by atoms with E-state index in [0.29, 0.717) is 12.0 Å². The van der Waals surface area contributed by atoms with Crippen LogP contribution in [0.25, 0.3) is 21.3 Å². The molecule has 2 aromatic rings. The number of carbonyl (C=O) groups excluding carboxylic acids is 2. The second-order valence-electron chi connectivity index (χ2n) is 4.98. The average molecular weight is 299 g/mol. The highest BCUT2D eigenvalue weighted by Crippen LogP contribution is 2.32. The van der Waals surface area contributed by atoms with Gasteiger partial charge in [-0.3, -0.25) is 4.79 Å². The van der Waals surface area contributed by atoms with E-state index in [-0.39, 0.29) is 0 Å². The fourth-order valence-electron chi connectivity index (χ4n) is 2.79. The number of amides is 1. The van der Waals surface area contributed by atoms with Crippen molar-refractivity contribution in [1.82, 2.24) is 10.3 Å². The first-order chi connectivity index (χ1) is 10.7. The Labute approximate surface area is 125 Å². The molecule has 1 aromatic heterocycles. The predicted molar refractivity (Wildman–Crippen MR) is 77.8 cm³/mol. The Morgan fingerprint density at radius 2 is 2.32 bits per heavy atom. The van der Waals surface area contributed by atoms with Gasteiger partial charge in [0.2, 0.25) is 5.91 Å². The molecule has 0 bridgehead atoms. The van der Waals surface area contributed by atoms with E-state index in [2.05, 4.69) is 20.3 Å². The molecule has 0 radical (unpaired) electrons. The molecule has 0 aliphatic carbocycles. The summed E-state index contributed by atoms with van der Waals surface area (Å²) < 4.78 is 4.72. The Morgan fingerprint density at radius 3 is 3.05 bits per heavy atom. The minimum absolute atomic E-state index is 0.304. The highest BCUT2D eigenvalue weighted by atomic mass is 16.5. The molecule has 1 aliphatic heterocycles. The third kappa shape index (κ3) is 2.15. The maximum absolute atomic E-state index is 12.4. The molecule has 2 atom stereocenters. The third-order valence-electron chi connectivity index (χ3n) is 3.76. The summed E-state index contributed by atoms with van der Waals surface area (Å²) in [6.45, 7) is 0. The molecular weight excluding hydrogens is 286 g/mol. The summed E-state index contributed by atoms with van der Waals surface area (Å²) in [6.07, 6.45) is 2.09. The number of aromatic nitrogens is 1. The summed E-state index contributed by atoms with van der Waals surface area (Å²) in [5.41, 5.74) is 11.1. The van der Waals surface area contributed by atoms with Crippen LogP contribution in [0.2, 0.25) is 0 Å². The van der Waals surface area contributed by atoms with Crippen molar-refractivity contribution >= 4 is 22.8 Å². The predicted octanol–water partition coefficient (Wildman–Crippen LogP) is 1.73. The molecule has 1 aliphatic rings. The Morgan fingerprint density at radius 1 is 1.50 bits per heavy atom. The van der Waals surface area contributed by atoms with Crippen molar-refractivity contribution in [2.24, 2.45) is 5.11 Å². The quantitative estimate of drug-likeness (QED) is 0.380. The molecule has 0 fully saturated rings.